The van der Waals surface area contributed by atoms with Crippen LogP contribution in [-0.2, 0) is 11.8 Å². The minimum absolute atomic E-state index is 0.0630. The molecule has 26 heavy (non-hydrogen) atoms. The number of nitrogens with one attached hydrogen (secondary N) is 1. The summed E-state index contributed by atoms with van der Waals surface area (Å²) in [6.45, 7) is 3.19. The number of anilines is 1. The number of benzene rings is 1. The van der Waals surface area contributed by atoms with Crippen LogP contribution >= 0.6 is 11.3 Å². The number of fused-ring (bicyclic) bond motifs is 1. The third-order valence-electron chi connectivity index (χ3n) is 4.75. The molecule has 1 atom stereocenters. The molecule has 2 aromatic heterocycles. The first-order valence-electron chi connectivity index (χ1n) is 8.40. The molecule has 1 aromatic carbocycles. The van der Waals surface area contributed by atoms with Crippen LogP contribution in [0.5, 0.6) is 0 Å². The molecule has 0 radical (unpaired) electrons. The summed E-state index contributed by atoms with van der Waals surface area (Å²) in [6.07, 6.45) is 6.63. The number of rotatable bonds is 3. The summed E-state index contributed by atoms with van der Waals surface area (Å²) in [7, 11) is 1.90. The summed E-state index contributed by atoms with van der Waals surface area (Å²) < 4.78 is 2.84. The Morgan fingerprint density at radius 2 is 2.31 bits per heavy atom. The van der Waals surface area contributed by atoms with Gasteiger partial charge in [-0.25, -0.2) is 4.98 Å². The Labute approximate surface area is 154 Å². The molecule has 7 nitrogen and oxygen atoms in total. The van der Waals surface area contributed by atoms with Crippen LogP contribution in [0.4, 0.5) is 5.13 Å². The topological polar surface area (TPSA) is 86.8 Å². The van der Waals surface area contributed by atoms with Gasteiger partial charge in [-0.1, -0.05) is 17.4 Å². The number of aryl methyl sites for hydroxylation is 2. The second kappa shape index (κ2) is 6.42. The van der Waals surface area contributed by atoms with Gasteiger partial charge in [0.2, 0.25) is 5.91 Å². The van der Waals surface area contributed by atoms with Gasteiger partial charge in [0, 0.05) is 31.9 Å². The van der Waals surface area contributed by atoms with Crippen molar-refractivity contribution in [2.75, 3.05) is 18.4 Å². The van der Waals surface area contributed by atoms with E-state index in [9.17, 15) is 4.79 Å². The van der Waals surface area contributed by atoms with Crippen molar-refractivity contribution < 1.29 is 4.79 Å². The van der Waals surface area contributed by atoms with Crippen LogP contribution in [0.15, 0.2) is 24.5 Å². The Morgan fingerprint density at radius 1 is 1.46 bits per heavy atom. The van der Waals surface area contributed by atoms with E-state index in [2.05, 4.69) is 28.5 Å². The van der Waals surface area contributed by atoms with E-state index in [0.29, 0.717) is 24.6 Å². The van der Waals surface area contributed by atoms with Crippen molar-refractivity contribution in [1.82, 2.24) is 19.7 Å². The minimum Gasteiger partial charge on any atom is -0.310 e. The van der Waals surface area contributed by atoms with E-state index in [1.54, 1.807) is 9.58 Å². The van der Waals surface area contributed by atoms with Gasteiger partial charge in [-0.2, -0.15) is 10.4 Å². The second-order valence-corrected chi connectivity index (χ2v) is 7.53. The van der Waals surface area contributed by atoms with Crippen LogP contribution in [0, 0.1) is 24.3 Å². The number of thiazole rings is 1. The number of hydrogen-bond donors (Lipinski definition) is 1. The maximum absolute atomic E-state index is 12.4. The zero-order chi connectivity index (χ0) is 18.3. The van der Waals surface area contributed by atoms with Gasteiger partial charge in [-0.15, -0.1) is 0 Å². The van der Waals surface area contributed by atoms with E-state index in [1.165, 1.54) is 11.3 Å². The molecular weight excluding hydrogens is 348 g/mol. The first-order valence-corrected chi connectivity index (χ1v) is 9.21. The van der Waals surface area contributed by atoms with Crippen molar-refractivity contribution in [2.45, 2.75) is 13.3 Å². The number of carbonyl (C=O) groups excluding carboxylic acids is 1. The summed E-state index contributed by atoms with van der Waals surface area (Å²) in [5.74, 6) is -0.222. The van der Waals surface area contributed by atoms with E-state index in [1.807, 2.05) is 31.6 Å². The molecule has 1 unspecified atom stereocenters. The third-order valence-corrected chi connectivity index (χ3v) is 5.86. The molecule has 0 spiro atoms. The average Bonchev–Trinajstić information content (AvgIpc) is 3.34. The van der Waals surface area contributed by atoms with Crippen molar-refractivity contribution in [3.05, 3.63) is 30.1 Å². The average molecular weight is 366 g/mol. The van der Waals surface area contributed by atoms with Crippen molar-refractivity contribution in [1.29, 1.82) is 5.26 Å². The zero-order valence-corrected chi connectivity index (χ0v) is 15.4. The molecule has 0 bridgehead atoms. The Hall–Kier alpha value is -2.92. The molecule has 1 aliphatic heterocycles. The Bertz CT molecular complexity index is 1030. The lowest BCUT2D eigenvalue weighted by Crippen LogP contribution is -2.25. The van der Waals surface area contributed by atoms with Crippen LogP contribution in [0.1, 0.15) is 12.0 Å². The lowest BCUT2D eigenvalue weighted by Gasteiger charge is -2.08. The molecule has 1 saturated heterocycles. The smallest absolute Gasteiger partial charge is 0.231 e. The van der Waals surface area contributed by atoms with Gasteiger partial charge >= 0.3 is 0 Å². The maximum atomic E-state index is 12.4. The molecule has 3 aromatic rings. The van der Waals surface area contributed by atoms with Crippen LogP contribution in [-0.4, -0.2) is 38.7 Å². The Morgan fingerprint density at radius 3 is 3.00 bits per heavy atom. The lowest BCUT2D eigenvalue weighted by molar-refractivity contribution is -0.119. The van der Waals surface area contributed by atoms with Gasteiger partial charge in [0.15, 0.2) is 11.3 Å². The molecule has 1 fully saturated rings. The highest BCUT2D eigenvalue weighted by Gasteiger charge is 2.28. The van der Waals surface area contributed by atoms with Gasteiger partial charge in [-0.3, -0.25) is 9.48 Å². The van der Waals surface area contributed by atoms with E-state index >= 15 is 0 Å². The van der Waals surface area contributed by atoms with Crippen LogP contribution in [0.25, 0.3) is 21.3 Å². The highest BCUT2D eigenvalue weighted by molar-refractivity contribution is 7.22. The number of nitrogens with zero attached hydrogens (tertiary/aromatic N) is 5. The van der Waals surface area contributed by atoms with E-state index in [4.69, 9.17) is 5.26 Å². The Balaban J connectivity index is 1.59. The maximum Gasteiger partial charge on any atom is 0.231 e. The highest BCUT2D eigenvalue weighted by Crippen LogP contribution is 2.35. The highest BCUT2D eigenvalue weighted by atomic mass is 32.1. The van der Waals surface area contributed by atoms with Crippen LogP contribution < -0.4 is 5.32 Å². The SMILES string of the molecule is Cc1c(-c2cnn(C)c2)ccc2nc(NC(=O)C3CCN(C#N)C3)sc12. The van der Waals surface area contributed by atoms with Crippen LogP contribution in [0.2, 0.25) is 0 Å². The normalized spacial score (nSPS) is 16.8. The molecular formula is C18H18N6OS. The predicted molar refractivity (Wildman–Crippen MR) is 100 cm³/mol. The number of carbonyl (C=O) groups is 1. The van der Waals surface area contributed by atoms with Gasteiger partial charge in [-0.05, 0) is 30.5 Å². The largest absolute Gasteiger partial charge is 0.310 e. The van der Waals surface area contributed by atoms with E-state index in [-0.39, 0.29) is 11.8 Å². The molecule has 1 N–H and O–H groups in total. The van der Waals surface area contributed by atoms with Gasteiger partial charge < -0.3 is 10.2 Å². The number of likely N-dealkylation sites (tertiary alicyclic amines) is 1. The molecule has 1 aliphatic rings. The number of nitriles is 1. The molecule has 3 heterocycles. The molecule has 0 aliphatic carbocycles. The first kappa shape index (κ1) is 16.5. The molecule has 132 valence electrons. The number of aromatic nitrogens is 3. The molecule has 0 saturated carbocycles. The monoisotopic (exact) mass is 366 g/mol. The summed E-state index contributed by atoms with van der Waals surface area (Å²) in [5, 5.41) is 16.7. The summed E-state index contributed by atoms with van der Waals surface area (Å²) in [5.41, 5.74) is 4.19. The predicted octanol–water partition coefficient (Wildman–Crippen LogP) is 2.75. The van der Waals surface area contributed by atoms with Crippen LogP contribution in [0.3, 0.4) is 0 Å². The standard InChI is InChI=1S/C18H18N6OS/c1-11-14(13-7-20-23(2)8-13)3-4-15-16(11)26-18(21-15)22-17(25)12-5-6-24(9-12)10-19/h3-4,7-8,12H,5-6,9H2,1-2H3,(H,21,22,25). The second-order valence-electron chi connectivity index (χ2n) is 6.53. The third kappa shape index (κ3) is 2.91. The van der Waals surface area contributed by atoms with Gasteiger partial charge in [0.25, 0.3) is 0 Å². The lowest BCUT2D eigenvalue weighted by atomic mass is 10.0. The fourth-order valence-corrected chi connectivity index (χ4v) is 4.29. The number of hydrogen-bond acceptors (Lipinski definition) is 6. The quantitative estimate of drug-likeness (QED) is 0.720. The molecule has 4 rings (SSSR count). The molecule has 1 amide bonds. The zero-order valence-electron chi connectivity index (χ0n) is 14.6. The van der Waals surface area contributed by atoms with E-state index in [0.717, 1.165) is 26.9 Å². The summed E-state index contributed by atoms with van der Waals surface area (Å²) in [4.78, 5) is 18.6. The minimum atomic E-state index is -0.159. The van der Waals surface area contributed by atoms with Gasteiger partial charge in [0.05, 0.1) is 22.3 Å². The van der Waals surface area contributed by atoms with Crippen molar-refractivity contribution in [2.24, 2.45) is 13.0 Å². The summed E-state index contributed by atoms with van der Waals surface area (Å²) >= 11 is 1.48. The van der Waals surface area contributed by atoms with Crippen molar-refractivity contribution in [3.63, 3.8) is 0 Å². The summed E-state index contributed by atoms with van der Waals surface area (Å²) in [6, 6.07) is 4.02. The van der Waals surface area contributed by atoms with Gasteiger partial charge in [0.1, 0.15) is 0 Å². The van der Waals surface area contributed by atoms with Crippen molar-refractivity contribution in [3.8, 4) is 17.3 Å². The number of amides is 1. The van der Waals surface area contributed by atoms with Crippen molar-refractivity contribution >= 4 is 32.6 Å². The Kier molecular flexibility index (Phi) is 4.09. The fraction of sp³-hybridized carbons (Fsp3) is 0.333. The van der Waals surface area contributed by atoms with E-state index < -0.39 is 0 Å². The fourth-order valence-electron chi connectivity index (χ4n) is 3.32. The molecule has 8 heteroatoms. The first-order chi connectivity index (χ1) is 12.5.